The fraction of sp³-hybridized carbons (Fsp3) is 0.250. The summed E-state index contributed by atoms with van der Waals surface area (Å²) in [4.78, 5) is 32.9. The van der Waals surface area contributed by atoms with Crippen LogP contribution in [0.4, 0.5) is 10.1 Å². The van der Waals surface area contributed by atoms with Gasteiger partial charge in [0.25, 0.3) is 5.91 Å². The van der Waals surface area contributed by atoms with Gasteiger partial charge in [-0.1, -0.05) is 61.7 Å². The lowest BCUT2D eigenvalue weighted by Crippen LogP contribution is -2.47. The monoisotopic (exact) mass is 525 g/mol. The summed E-state index contributed by atoms with van der Waals surface area (Å²) < 4.78 is 19.2. The van der Waals surface area contributed by atoms with Crippen molar-refractivity contribution < 1.29 is 18.7 Å². The molecule has 6 nitrogen and oxygen atoms in total. The molecule has 5 rings (SSSR count). The van der Waals surface area contributed by atoms with Gasteiger partial charge in [-0.2, -0.15) is 0 Å². The van der Waals surface area contributed by atoms with Crippen LogP contribution in [0.25, 0.3) is 11.3 Å². The molecule has 7 heteroatoms. The lowest BCUT2D eigenvalue weighted by molar-refractivity contribution is -0.123. The standard InChI is InChI=1S/C32H32FN3O3/c1-39-27-18-16-26(17-19-27)36(32(38)29-21-20-28(35-29)22-8-4-2-5-9-22)30(23-12-14-24(33)15-13-23)31(37)34-25-10-6-3-7-11-25/h2,4-5,8-9,12-21,25,30,35H,3,6-7,10-11H2,1H3,(H,34,37)/t30-/m1/s1. The van der Waals surface area contributed by atoms with E-state index >= 15 is 0 Å². The van der Waals surface area contributed by atoms with E-state index in [2.05, 4.69) is 10.3 Å². The number of hydrogen-bond acceptors (Lipinski definition) is 3. The van der Waals surface area contributed by atoms with Crippen LogP contribution in [0.3, 0.4) is 0 Å². The first-order valence-electron chi connectivity index (χ1n) is 13.3. The molecule has 0 spiro atoms. The minimum absolute atomic E-state index is 0.0391. The molecule has 3 aromatic carbocycles. The number of methoxy groups -OCH3 is 1. The molecule has 0 unspecified atom stereocenters. The summed E-state index contributed by atoms with van der Waals surface area (Å²) in [6.07, 6.45) is 5.06. The smallest absolute Gasteiger partial charge is 0.275 e. The van der Waals surface area contributed by atoms with Gasteiger partial charge in [-0.15, -0.1) is 0 Å². The van der Waals surface area contributed by atoms with Crippen LogP contribution < -0.4 is 15.0 Å². The Labute approximate surface area is 227 Å². The second-order valence-corrected chi connectivity index (χ2v) is 9.82. The van der Waals surface area contributed by atoms with Gasteiger partial charge in [-0.05, 0) is 72.5 Å². The zero-order valence-electron chi connectivity index (χ0n) is 21.9. The van der Waals surface area contributed by atoms with Crippen molar-refractivity contribution in [1.29, 1.82) is 0 Å². The normalized spacial score (nSPS) is 14.4. The Morgan fingerprint density at radius 1 is 0.897 bits per heavy atom. The number of nitrogens with one attached hydrogen (secondary N) is 2. The van der Waals surface area contributed by atoms with E-state index in [-0.39, 0.29) is 17.9 Å². The molecule has 0 bridgehead atoms. The first-order chi connectivity index (χ1) is 19.0. The molecule has 2 N–H and O–H groups in total. The average molecular weight is 526 g/mol. The average Bonchev–Trinajstić information content (AvgIpc) is 3.48. The second kappa shape index (κ2) is 12.0. The lowest BCUT2D eigenvalue weighted by atomic mass is 9.94. The fourth-order valence-corrected chi connectivity index (χ4v) is 5.15. The van der Waals surface area contributed by atoms with Crippen molar-refractivity contribution >= 4 is 17.5 Å². The molecule has 1 aliphatic carbocycles. The van der Waals surface area contributed by atoms with Crippen LogP contribution in [0.2, 0.25) is 0 Å². The Hall–Kier alpha value is -4.39. The van der Waals surface area contributed by atoms with Crippen molar-refractivity contribution in [2.45, 2.75) is 44.2 Å². The summed E-state index contributed by atoms with van der Waals surface area (Å²) in [6.45, 7) is 0. The third kappa shape index (κ3) is 6.03. The zero-order valence-corrected chi connectivity index (χ0v) is 21.9. The number of benzene rings is 3. The van der Waals surface area contributed by atoms with Gasteiger partial charge in [0.15, 0.2) is 0 Å². The Morgan fingerprint density at radius 3 is 2.26 bits per heavy atom. The third-order valence-electron chi connectivity index (χ3n) is 7.21. The van der Waals surface area contributed by atoms with Gasteiger partial charge in [0.1, 0.15) is 23.3 Å². The summed E-state index contributed by atoms with van der Waals surface area (Å²) >= 11 is 0. The van der Waals surface area contributed by atoms with Crippen molar-refractivity contribution in [1.82, 2.24) is 10.3 Å². The molecular weight excluding hydrogens is 493 g/mol. The number of ether oxygens (including phenoxy) is 1. The highest BCUT2D eigenvalue weighted by Gasteiger charge is 2.35. The Balaban J connectivity index is 1.57. The molecule has 2 amide bonds. The number of hydrogen-bond donors (Lipinski definition) is 2. The molecule has 1 saturated carbocycles. The molecule has 200 valence electrons. The first-order valence-corrected chi connectivity index (χ1v) is 13.3. The van der Waals surface area contributed by atoms with Crippen molar-refractivity contribution in [3.05, 3.63) is 108 Å². The van der Waals surface area contributed by atoms with Gasteiger partial charge >= 0.3 is 0 Å². The van der Waals surface area contributed by atoms with E-state index in [0.717, 1.165) is 43.4 Å². The molecular formula is C32H32FN3O3. The highest BCUT2D eigenvalue weighted by Crippen LogP contribution is 2.32. The maximum Gasteiger partial charge on any atom is 0.275 e. The summed E-state index contributed by atoms with van der Waals surface area (Å²) in [7, 11) is 1.57. The van der Waals surface area contributed by atoms with E-state index in [1.54, 1.807) is 49.6 Å². The van der Waals surface area contributed by atoms with Gasteiger partial charge in [-0.3, -0.25) is 14.5 Å². The Kier molecular flexibility index (Phi) is 8.06. The Morgan fingerprint density at radius 2 is 1.59 bits per heavy atom. The molecule has 39 heavy (non-hydrogen) atoms. The van der Waals surface area contributed by atoms with Gasteiger partial charge < -0.3 is 15.0 Å². The van der Waals surface area contributed by atoms with Gasteiger partial charge in [0, 0.05) is 17.4 Å². The van der Waals surface area contributed by atoms with Crippen LogP contribution in [0.5, 0.6) is 5.75 Å². The van der Waals surface area contributed by atoms with E-state index in [9.17, 15) is 14.0 Å². The van der Waals surface area contributed by atoms with E-state index in [0.29, 0.717) is 22.7 Å². The van der Waals surface area contributed by atoms with E-state index in [4.69, 9.17) is 4.74 Å². The van der Waals surface area contributed by atoms with E-state index < -0.39 is 11.9 Å². The number of aromatic nitrogens is 1. The number of H-pyrrole nitrogens is 1. The quantitative estimate of drug-likeness (QED) is 0.270. The molecule has 0 radical (unpaired) electrons. The minimum atomic E-state index is -1.02. The summed E-state index contributed by atoms with van der Waals surface area (Å²) in [5.41, 5.74) is 3.10. The number of anilines is 1. The van der Waals surface area contributed by atoms with Crippen LogP contribution in [0, 0.1) is 5.82 Å². The van der Waals surface area contributed by atoms with Crippen LogP contribution in [0.1, 0.15) is 54.2 Å². The predicted octanol–water partition coefficient (Wildman–Crippen LogP) is 6.67. The van der Waals surface area contributed by atoms with Crippen LogP contribution in [0.15, 0.2) is 91.0 Å². The molecule has 1 aromatic heterocycles. The summed E-state index contributed by atoms with van der Waals surface area (Å²) in [5.74, 6) is -0.463. The number of carbonyl (C=O) groups is 2. The molecule has 0 aliphatic heterocycles. The number of carbonyl (C=O) groups excluding carboxylic acids is 2. The second-order valence-electron chi connectivity index (χ2n) is 9.82. The molecule has 1 fully saturated rings. The van der Waals surface area contributed by atoms with Crippen molar-refractivity contribution in [2.24, 2.45) is 0 Å². The van der Waals surface area contributed by atoms with Crippen molar-refractivity contribution in [3.63, 3.8) is 0 Å². The largest absolute Gasteiger partial charge is 0.497 e. The van der Waals surface area contributed by atoms with Crippen molar-refractivity contribution in [3.8, 4) is 17.0 Å². The maximum atomic E-state index is 14.2. The van der Waals surface area contributed by atoms with Gasteiger partial charge in [0.05, 0.1) is 7.11 Å². The number of halogens is 1. The predicted molar refractivity (Wildman–Crippen MR) is 150 cm³/mol. The highest BCUT2D eigenvalue weighted by molar-refractivity contribution is 6.09. The third-order valence-corrected chi connectivity index (χ3v) is 7.21. The summed E-state index contributed by atoms with van der Waals surface area (Å²) in [6, 6.07) is 25.1. The van der Waals surface area contributed by atoms with Crippen LogP contribution in [-0.4, -0.2) is 29.9 Å². The topological polar surface area (TPSA) is 74.4 Å². The molecule has 1 atom stereocenters. The van der Waals surface area contributed by atoms with E-state index in [1.165, 1.54) is 17.0 Å². The number of aromatic amines is 1. The van der Waals surface area contributed by atoms with E-state index in [1.807, 2.05) is 36.4 Å². The lowest BCUT2D eigenvalue weighted by Gasteiger charge is -2.33. The van der Waals surface area contributed by atoms with Crippen LogP contribution >= 0.6 is 0 Å². The molecule has 0 saturated heterocycles. The number of amides is 2. The Bertz CT molecular complexity index is 1390. The maximum absolute atomic E-state index is 14.2. The SMILES string of the molecule is COc1ccc(N(C(=O)c2ccc(-c3ccccc3)[nH]2)[C@@H](C(=O)NC2CCCCC2)c2ccc(F)cc2)cc1. The number of rotatable bonds is 8. The van der Waals surface area contributed by atoms with Crippen LogP contribution in [-0.2, 0) is 4.79 Å². The minimum Gasteiger partial charge on any atom is -0.497 e. The van der Waals surface area contributed by atoms with Gasteiger partial charge in [0.2, 0.25) is 5.91 Å². The highest BCUT2D eigenvalue weighted by atomic mass is 19.1. The molecule has 4 aromatic rings. The molecule has 1 heterocycles. The first kappa shape index (κ1) is 26.2. The molecule has 1 aliphatic rings. The van der Waals surface area contributed by atoms with Gasteiger partial charge in [-0.25, -0.2) is 4.39 Å². The summed E-state index contributed by atoms with van der Waals surface area (Å²) in [5, 5.41) is 3.18. The fourth-order valence-electron chi connectivity index (χ4n) is 5.15. The number of nitrogens with zero attached hydrogens (tertiary/aromatic N) is 1. The zero-order chi connectivity index (χ0) is 27.2. The van der Waals surface area contributed by atoms with Crippen molar-refractivity contribution in [2.75, 3.05) is 12.0 Å².